The van der Waals surface area contributed by atoms with E-state index >= 15 is 0 Å². The van der Waals surface area contributed by atoms with E-state index in [1.54, 1.807) is 28.0 Å². The fourth-order valence-corrected chi connectivity index (χ4v) is 3.28. The van der Waals surface area contributed by atoms with Crippen LogP contribution < -0.4 is 14.2 Å². The van der Waals surface area contributed by atoms with Gasteiger partial charge in [-0.2, -0.15) is 0 Å². The quantitative estimate of drug-likeness (QED) is 0.692. The number of hydrogen-bond acceptors (Lipinski definition) is 6. The maximum atomic E-state index is 13.1. The van der Waals surface area contributed by atoms with Crippen molar-refractivity contribution >= 4 is 17.9 Å². The molecule has 1 saturated heterocycles. The predicted molar refractivity (Wildman–Crippen MR) is 105 cm³/mol. The molecule has 0 aliphatic carbocycles. The van der Waals surface area contributed by atoms with Gasteiger partial charge in [-0.15, -0.1) is 8.78 Å². The molecule has 2 aliphatic heterocycles. The minimum Gasteiger partial charge on any atom is -0.481 e. The third kappa shape index (κ3) is 4.57. The minimum absolute atomic E-state index is 0.0543. The second-order valence-electron chi connectivity index (χ2n) is 6.91. The second-order valence-corrected chi connectivity index (χ2v) is 6.91. The summed E-state index contributed by atoms with van der Waals surface area (Å²) in [4.78, 5) is 32.4. The highest BCUT2D eigenvalue weighted by Gasteiger charge is 2.43. The lowest BCUT2D eigenvalue weighted by Gasteiger charge is -2.34. The van der Waals surface area contributed by atoms with Crippen LogP contribution in [0.4, 0.5) is 8.78 Å². The number of nitrogens with zero attached hydrogens (tertiary/aromatic N) is 3. The Bertz CT molecular complexity index is 1020. The maximum Gasteiger partial charge on any atom is 0.586 e. The molecule has 8 nitrogen and oxygen atoms in total. The van der Waals surface area contributed by atoms with Crippen molar-refractivity contribution in [2.45, 2.75) is 6.29 Å². The molecule has 10 heteroatoms. The van der Waals surface area contributed by atoms with E-state index in [4.69, 9.17) is 4.74 Å². The Hall–Kier alpha value is -3.69. The van der Waals surface area contributed by atoms with E-state index in [0.29, 0.717) is 43.2 Å². The van der Waals surface area contributed by atoms with Crippen molar-refractivity contribution in [3.8, 4) is 17.4 Å². The number of rotatable bonds is 4. The van der Waals surface area contributed by atoms with Gasteiger partial charge in [0.15, 0.2) is 11.5 Å². The lowest BCUT2D eigenvalue weighted by Crippen LogP contribution is -2.50. The van der Waals surface area contributed by atoms with Crippen LogP contribution in [0.25, 0.3) is 6.08 Å². The molecule has 0 N–H and O–H groups in total. The summed E-state index contributed by atoms with van der Waals surface area (Å²) in [6.45, 7) is 1.55. The molecule has 0 saturated carbocycles. The summed E-state index contributed by atoms with van der Waals surface area (Å²) >= 11 is 0. The number of methoxy groups -OCH3 is 1. The molecule has 2 amide bonds. The number of pyridine rings is 1. The first-order valence-corrected chi connectivity index (χ1v) is 9.51. The van der Waals surface area contributed by atoms with Gasteiger partial charge in [-0.05, 0) is 29.8 Å². The van der Waals surface area contributed by atoms with Crippen LogP contribution >= 0.6 is 0 Å². The molecule has 0 unspecified atom stereocenters. The summed E-state index contributed by atoms with van der Waals surface area (Å²) in [5.74, 6) is -0.104. The van der Waals surface area contributed by atoms with Gasteiger partial charge in [0, 0.05) is 44.5 Å². The van der Waals surface area contributed by atoms with Crippen molar-refractivity contribution in [3.05, 3.63) is 53.7 Å². The molecule has 31 heavy (non-hydrogen) atoms. The van der Waals surface area contributed by atoms with E-state index in [0.717, 1.165) is 0 Å². The van der Waals surface area contributed by atoms with Crippen molar-refractivity contribution in [1.29, 1.82) is 0 Å². The zero-order valence-electron chi connectivity index (χ0n) is 16.6. The topological polar surface area (TPSA) is 81.2 Å². The van der Waals surface area contributed by atoms with Gasteiger partial charge >= 0.3 is 6.29 Å². The summed E-state index contributed by atoms with van der Waals surface area (Å²) in [6.07, 6.45) is 0.658. The molecule has 4 rings (SSSR count). The van der Waals surface area contributed by atoms with Crippen molar-refractivity contribution in [2.75, 3.05) is 33.3 Å². The Morgan fingerprint density at radius 1 is 1.06 bits per heavy atom. The fourth-order valence-electron chi connectivity index (χ4n) is 3.28. The van der Waals surface area contributed by atoms with Crippen LogP contribution in [0.3, 0.4) is 0 Å². The molecule has 3 heterocycles. The van der Waals surface area contributed by atoms with E-state index in [9.17, 15) is 18.4 Å². The number of carbonyl (C=O) groups excluding carboxylic acids is 2. The van der Waals surface area contributed by atoms with Crippen LogP contribution in [0, 0.1) is 0 Å². The Morgan fingerprint density at radius 2 is 1.77 bits per heavy atom. The Balaban J connectivity index is 1.32. The lowest BCUT2D eigenvalue weighted by molar-refractivity contribution is -0.286. The van der Waals surface area contributed by atoms with Crippen molar-refractivity contribution < 1.29 is 32.6 Å². The summed E-state index contributed by atoms with van der Waals surface area (Å²) in [7, 11) is 1.50. The number of carbonyl (C=O) groups is 2. The molecular formula is C21H19F2N3O5. The zero-order valence-corrected chi connectivity index (χ0v) is 16.6. The summed E-state index contributed by atoms with van der Waals surface area (Å²) in [6, 6.07) is 7.55. The van der Waals surface area contributed by atoms with Gasteiger partial charge in [0.25, 0.3) is 5.91 Å². The Labute approximate surface area is 176 Å². The average molecular weight is 431 g/mol. The van der Waals surface area contributed by atoms with Crippen LogP contribution in [0.1, 0.15) is 15.9 Å². The third-order valence-corrected chi connectivity index (χ3v) is 4.91. The number of fused-ring (bicyclic) bond motifs is 1. The summed E-state index contributed by atoms with van der Waals surface area (Å²) in [5, 5.41) is 0. The van der Waals surface area contributed by atoms with Gasteiger partial charge in [-0.25, -0.2) is 4.98 Å². The van der Waals surface area contributed by atoms with Crippen LogP contribution in [-0.2, 0) is 4.79 Å². The molecule has 162 valence electrons. The number of alkyl halides is 2. The van der Waals surface area contributed by atoms with Gasteiger partial charge in [-0.1, -0.05) is 6.07 Å². The highest BCUT2D eigenvalue weighted by Crippen LogP contribution is 2.41. The molecule has 1 aromatic carbocycles. The van der Waals surface area contributed by atoms with Gasteiger partial charge in [0.05, 0.1) is 12.7 Å². The molecule has 0 radical (unpaired) electrons. The largest absolute Gasteiger partial charge is 0.586 e. The molecule has 0 spiro atoms. The first-order chi connectivity index (χ1) is 14.8. The summed E-state index contributed by atoms with van der Waals surface area (Å²) < 4.78 is 39.9. The number of halogens is 2. The van der Waals surface area contributed by atoms with E-state index in [-0.39, 0.29) is 23.3 Å². The Morgan fingerprint density at radius 3 is 2.45 bits per heavy atom. The molecule has 2 aromatic rings. The SMILES string of the molecule is COc1ccc(C(=O)N2CCN(C(=O)/C=C/c3ccc4c(c3)OC(F)(F)O4)CC2)cn1. The molecule has 1 fully saturated rings. The lowest BCUT2D eigenvalue weighted by atomic mass is 10.2. The van der Waals surface area contributed by atoms with Gasteiger partial charge in [-0.3, -0.25) is 9.59 Å². The van der Waals surface area contributed by atoms with Gasteiger partial charge in [0.2, 0.25) is 11.8 Å². The van der Waals surface area contributed by atoms with E-state index in [1.165, 1.54) is 37.6 Å². The smallest absolute Gasteiger partial charge is 0.481 e. The zero-order chi connectivity index (χ0) is 22.0. The summed E-state index contributed by atoms with van der Waals surface area (Å²) in [5.41, 5.74) is 0.975. The second kappa shape index (κ2) is 8.21. The van der Waals surface area contributed by atoms with Crippen LogP contribution in [0.15, 0.2) is 42.6 Å². The van der Waals surface area contributed by atoms with E-state index in [2.05, 4.69) is 14.5 Å². The van der Waals surface area contributed by atoms with Crippen molar-refractivity contribution in [2.24, 2.45) is 0 Å². The number of benzene rings is 1. The van der Waals surface area contributed by atoms with Crippen LogP contribution in [-0.4, -0.2) is 66.2 Å². The van der Waals surface area contributed by atoms with E-state index < -0.39 is 6.29 Å². The van der Waals surface area contributed by atoms with Crippen molar-refractivity contribution in [1.82, 2.24) is 14.8 Å². The van der Waals surface area contributed by atoms with E-state index in [1.807, 2.05) is 0 Å². The van der Waals surface area contributed by atoms with Gasteiger partial charge in [0.1, 0.15) is 0 Å². The highest BCUT2D eigenvalue weighted by atomic mass is 19.3. The number of hydrogen-bond donors (Lipinski definition) is 0. The number of amides is 2. The predicted octanol–water partition coefficient (Wildman–Crippen LogP) is 2.41. The standard InChI is InChI=1S/C21H19F2N3O5/c1-29-18-6-4-15(13-24-18)20(28)26-10-8-25(9-11-26)19(27)7-3-14-2-5-16-17(12-14)31-21(22,23)30-16/h2-7,12-13H,8-11H2,1H3/b7-3+. The normalized spacial score (nSPS) is 17.1. The molecule has 0 atom stereocenters. The first-order valence-electron chi connectivity index (χ1n) is 9.51. The Kier molecular flexibility index (Phi) is 5.45. The third-order valence-electron chi connectivity index (χ3n) is 4.91. The monoisotopic (exact) mass is 431 g/mol. The number of ether oxygens (including phenoxy) is 3. The molecular weight excluding hydrogens is 412 g/mol. The molecule has 1 aromatic heterocycles. The fraction of sp³-hybridized carbons (Fsp3) is 0.286. The average Bonchev–Trinajstić information content (AvgIpc) is 3.10. The number of aromatic nitrogens is 1. The first kappa shape index (κ1) is 20.6. The minimum atomic E-state index is -3.68. The maximum absolute atomic E-state index is 13.1. The van der Waals surface area contributed by atoms with Crippen LogP contribution in [0.2, 0.25) is 0 Å². The van der Waals surface area contributed by atoms with Crippen molar-refractivity contribution in [3.63, 3.8) is 0 Å². The van der Waals surface area contributed by atoms with Crippen LogP contribution in [0.5, 0.6) is 17.4 Å². The number of piperazine rings is 1. The molecule has 2 aliphatic rings. The highest BCUT2D eigenvalue weighted by molar-refractivity contribution is 5.95. The van der Waals surface area contributed by atoms with Gasteiger partial charge < -0.3 is 24.0 Å². The molecule has 0 bridgehead atoms.